The number of methoxy groups -OCH3 is 1. The van der Waals surface area contributed by atoms with E-state index in [4.69, 9.17) is 15.2 Å². The molecule has 6 heteroatoms. The lowest BCUT2D eigenvalue weighted by Crippen LogP contribution is -2.54. The van der Waals surface area contributed by atoms with Gasteiger partial charge >= 0.3 is 0 Å². The van der Waals surface area contributed by atoms with Crippen LogP contribution in [0.25, 0.3) is 0 Å². The van der Waals surface area contributed by atoms with Crippen LogP contribution in [0.15, 0.2) is 24.3 Å². The number of hydrogen-bond donors (Lipinski definition) is 2. The Hall–Kier alpha value is -1.46. The molecule has 0 radical (unpaired) electrons. The molecule has 2 atom stereocenters. The van der Waals surface area contributed by atoms with Crippen LogP contribution in [0.2, 0.25) is 0 Å². The number of hydrogen-bond acceptors (Lipinski definition) is 4. The number of carbonyl (C=O) groups excluding carboxylic acids is 1. The third-order valence-corrected chi connectivity index (χ3v) is 5.13. The van der Waals surface area contributed by atoms with Crippen LogP contribution in [0.3, 0.4) is 0 Å². The van der Waals surface area contributed by atoms with Gasteiger partial charge in [0.1, 0.15) is 0 Å². The number of para-hydroxylation sites is 2. The van der Waals surface area contributed by atoms with Crippen LogP contribution in [0.1, 0.15) is 32.1 Å². The normalized spacial score (nSPS) is 28.4. The van der Waals surface area contributed by atoms with Crippen molar-refractivity contribution in [3.8, 4) is 11.5 Å². The number of ether oxygens (including phenoxy) is 2. The number of benzene rings is 1. The number of carbonyl (C=O) groups is 1. The molecule has 1 aromatic rings. The van der Waals surface area contributed by atoms with Crippen molar-refractivity contribution in [2.75, 3.05) is 13.7 Å². The smallest absolute Gasteiger partial charge is 0.258 e. The molecule has 2 fully saturated rings. The van der Waals surface area contributed by atoms with E-state index in [1.165, 1.54) is 19.3 Å². The molecule has 2 aliphatic carbocycles. The average molecular weight is 355 g/mol. The summed E-state index contributed by atoms with van der Waals surface area (Å²) in [6.45, 7) is 0.0162. The molecule has 3 rings (SSSR count). The van der Waals surface area contributed by atoms with E-state index in [0.717, 1.165) is 12.8 Å². The Morgan fingerprint density at radius 3 is 2.46 bits per heavy atom. The van der Waals surface area contributed by atoms with Gasteiger partial charge in [0.15, 0.2) is 18.1 Å². The lowest BCUT2D eigenvalue weighted by atomic mass is 9.67. The summed E-state index contributed by atoms with van der Waals surface area (Å²) < 4.78 is 10.8. The van der Waals surface area contributed by atoms with Gasteiger partial charge in [-0.2, -0.15) is 0 Å². The molecular formula is C18H27ClN2O3. The van der Waals surface area contributed by atoms with Crippen molar-refractivity contribution in [1.29, 1.82) is 0 Å². The highest BCUT2D eigenvalue weighted by Gasteiger charge is 2.39. The van der Waals surface area contributed by atoms with E-state index < -0.39 is 0 Å². The van der Waals surface area contributed by atoms with Crippen molar-refractivity contribution in [3.05, 3.63) is 24.3 Å². The van der Waals surface area contributed by atoms with E-state index in [1.54, 1.807) is 13.2 Å². The van der Waals surface area contributed by atoms with E-state index in [9.17, 15) is 4.79 Å². The Kier molecular flexibility index (Phi) is 6.75. The molecule has 0 aromatic heterocycles. The second-order valence-electron chi connectivity index (χ2n) is 6.72. The van der Waals surface area contributed by atoms with Gasteiger partial charge in [0.05, 0.1) is 7.11 Å². The SMILES string of the molecule is COc1ccccc1OCC(=O)NC1C2CCCC1CC(N)C2.Cl. The summed E-state index contributed by atoms with van der Waals surface area (Å²) in [5, 5.41) is 3.19. The zero-order valence-electron chi connectivity index (χ0n) is 14.1. The van der Waals surface area contributed by atoms with E-state index in [2.05, 4.69) is 5.32 Å². The van der Waals surface area contributed by atoms with Gasteiger partial charge in [-0.15, -0.1) is 12.4 Å². The first-order valence-corrected chi connectivity index (χ1v) is 8.48. The highest BCUT2D eigenvalue weighted by atomic mass is 35.5. The van der Waals surface area contributed by atoms with Crippen LogP contribution in [-0.2, 0) is 4.79 Å². The van der Waals surface area contributed by atoms with Gasteiger partial charge in [-0.25, -0.2) is 0 Å². The van der Waals surface area contributed by atoms with Crippen molar-refractivity contribution < 1.29 is 14.3 Å². The molecule has 3 N–H and O–H groups in total. The van der Waals surface area contributed by atoms with E-state index in [-0.39, 0.29) is 31.0 Å². The van der Waals surface area contributed by atoms with Crippen molar-refractivity contribution in [3.63, 3.8) is 0 Å². The van der Waals surface area contributed by atoms with Crippen LogP contribution in [-0.4, -0.2) is 31.7 Å². The summed E-state index contributed by atoms with van der Waals surface area (Å²) in [4.78, 5) is 12.3. The minimum absolute atomic E-state index is 0. The summed E-state index contributed by atoms with van der Waals surface area (Å²) in [6.07, 6.45) is 5.64. The molecule has 2 bridgehead atoms. The number of amides is 1. The predicted molar refractivity (Wildman–Crippen MR) is 95.7 cm³/mol. The molecule has 1 amide bonds. The molecule has 0 saturated heterocycles. The maximum Gasteiger partial charge on any atom is 0.258 e. The van der Waals surface area contributed by atoms with Gasteiger partial charge in [-0.3, -0.25) is 4.79 Å². The van der Waals surface area contributed by atoms with Crippen molar-refractivity contribution >= 4 is 18.3 Å². The fourth-order valence-corrected chi connectivity index (χ4v) is 4.13. The van der Waals surface area contributed by atoms with Crippen molar-refractivity contribution in [1.82, 2.24) is 5.32 Å². The highest BCUT2D eigenvalue weighted by Crippen LogP contribution is 2.39. The second kappa shape index (κ2) is 8.58. The van der Waals surface area contributed by atoms with E-state index >= 15 is 0 Å². The fourth-order valence-electron chi connectivity index (χ4n) is 4.13. The topological polar surface area (TPSA) is 73.6 Å². The molecular weight excluding hydrogens is 328 g/mol. The first-order valence-electron chi connectivity index (χ1n) is 8.48. The van der Waals surface area contributed by atoms with Gasteiger partial charge < -0.3 is 20.5 Å². The van der Waals surface area contributed by atoms with Crippen molar-refractivity contribution in [2.45, 2.75) is 44.2 Å². The number of fused-ring (bicyclic) bond motifs is 2. The Morgan fingerprint density at radius 2 is 1.83 bits per heavy atom. The van der Waals surface area contributed by atoms with Gasteiger partial charge in [0.2, 0.25) is 0 Å². The summed E-state index contributed by atoms with van der Waals surface area (Å²) in [7, 11) is 1.59. The summed E-state index contributed by atoms with van der Waals surface area (Å²) >= 11 is 0. The molecule has 0 aliphatic heterocycles. The number of rotatable bonds is 5. The Balaban J connectivity index is 0.00000208. The molecule has 2 unspecified atom stereocenters. The van der Waals surface area contributed by atoms with Crippen LogP contribution in [0.5, 0.6) is 11.5 Å². The van der Waals surface area contributed by atoms with E-state index in [0.29, 0.717) is 29.4 Å². The molecule has 0 spiro atoms. The third-order valence-electron chi connectivity index (χ3n) is 5.13. The minimum atomic E-state index is -0.0618. The number of nitrogens with one attached hydrogen (secondary N) is 1. The Labute approximate surface area is 149 Å². The monoisotopic (exact) mass is 354 g/mol. The van der Waals surface area contributed by atoms with Crippen LogP contribution in [0.4, 0.5) is 0 Å². The maximum absolute atomic E-state index is 12.3. The van der Waals surface area contributed by atoms with Gasteiger partial charge in [0.25, 0.3) is 5.91 Å². The summed E-state index contributed by atoms with van der Waals surface area (Å²) in [5.74, 6) is 2.21. The first-order chi connectivity index (χ1) is 11.2. The molecule has 134 valence electrons. The van der Waals surface area contributed by atoms with Crippen molar-refractivity contribution in [2.24, 2.45) is 17.6 Å². The fraction of sp³-hybridized carbons (Fsp3) is 0.611. The Morgan fingerprint density at radius 1 is 1.21 bits per heavy atom. The molecule has 1 aromatic carbocycles. The average Bonchev–Trinajstić information content (AvgIpc) is 2.54. The quantitative estimate of drug-likeness (QED) is 0.852. The molecule has 24 heavy (non-hydrogen) atoms. The minimum Gasteiger partial charge on any atom is -0.493 e. The lowest BCUT2D eigenvalue weighted by molar-refractivity contribution is -0.125. The summed E-state index contributed by atoms with van der Waals surface area (Å²) in [5.41, 5.74) is 6.13. The zero-order chi connectivity index (χ0) is 16.2. The molecule has 2 saturated carbocycles. The standard InChI is InChI=1S/C18H26N2O3.ClH/c1-22-15-7-2-3-8-16(15)23-11-17(21)20-18-12-5-4-6-13(18)10-14(19)9-12;/h2-3,7-8,12-14,18H,4-6,9-11,19H2,1H3,(H,20,21);1H. The first kappa shape index (κ1) is 18.9. The van der Waals surface area contributed by atoms with Gasteiger partial charge in [0, 0.05) is 12.1 Å². The largest absolute Gasteiger partial charge is 0.493 e. The Bertz CT molecular complexity index is 541. The third kappa shape index (κ3) is 4.33. The highest BCUT2D eigenvalue weighted by molar-refractivity contribution is 5.85. The molecule has 5 nitrogen and oxygen atoms in total. The summed E-state index contributed by atoms with van der Waals surface area (Å²) in [6, 6.07) is 7.92. The van der Waals surface area contributed by atoms with E-state index in [1.807, 2.05) is 18.2 Å². The molecule has 2 aliphatic rings. The predicted octanol–water partition coefficient (Wildman–Crippen LogP) is 2.52. The van der Waals surface area contributed by atoms with Gasteiger partial charge in [-0.1, -0.05) is 18.6 Å². The maximum atomic E-state index is 12.3. The van der Waals surface area contributed by atoms with Crippen LogP contribution in [0, 0.1) is 11.8 Å². The number of halogens is 1. The van der Waals surface area contributed by atoms with Crippen LogP contribution >= 0.6 is 12.4 Å². The van der Waals surface area contributed by atoms with Crippen LogP contribution < -0.4 is 20.5 Å². The van der Waals surface area contributed by atoms with Gasteiger partial charge in [-0.05, 0) is 49.7 Å². The lowest BCUT2D eigenvalue weighted by Gasteiger charge is -2.45. The second-order valence-corrected chi connectivity index (χ2v) is 6.72. The zero-order valence-corrected chi connectivity index (χ0v) is 14.9. The molecule has 0 heterocycles. The number of nitrogens with two attached hydrogens (primary N) is 1.